The third kappa shape index (κ3) is 3.61. The van der Waals surface area contributed by atoms with Gasteiger partial charge in [0.05, 0.1) is 14.6 Å². The van der Waals surface area contributed by atoms with Gasteiger partial charge >= 0.3 is 5.97 Å². The lowest BCUT2D eigenvalue weighted by Crippen LogP contribution is -2.37. The maximum Gasteiger partial charge on any atom is 0.306 e. The van der Waals surface area contributed by atoms with Gasteiger partial charge in [0.25, 0.3) is 5.91 Å². The molecule has 2 N–H and O–H groups in total. The van der Waals surface area contributed by atoms with Crippen LogP contribution in [-0.4, -0.2) is 23.5 Å². The van der Waals surface area contributed by atoms with E-state index in [2.05, 4.69) is 21.2 Å². The molecule has 4 nitrogen and oxygen atoms in total. The minimum absolute atomic E-state index is 0.0506. The van der Waals surface area contributed by atoms with Crippen molar-refractivity contribution in [2.75, 3.05) is 6.54 Å². The van der Waals surface area contributed by atoms with Crippen LogP contribution in [0.25, 0.3) is 0 Å². The number of hydrogen-bond acceptors (Lipinski definition) is 3. The third-order valence-electron chi connectivity index (χ3n) is 3.83. The fraction of sp³-hybridized carbons (Fsp3) is 0.571. The highest BCUT2D eigenvalue weighted by molar-refractivity contribution is 9.11. The molecule has 1 aliphatic rings. The molecule has 1 saturated carbocycles. The van der Waals surface area contributed by atoms with Gasteiger partial charge in [-0.1, -0.05) is 12.8 Å². The van der Waals surface area contributed by atoms with E-state index in [0.717, 1.165) is 35.0 Å². The lowest BCUT2D eigenvalue weighted by atomic mass is 9.79. The topological polar surface area (TPSA) is 66.4 Å². The molecule has 1 heterocycles. The molecule has 110 valence electrons. The molecule has 20 heavy (non-hydrogen) atoms. The summed E-state index contributed by atoms with van der Waals surface area (Å²) in [5.74, 6) is -1.12. The van der Waals surface area contributed by atoms with Gasteiger partial charge in [-0.2, -0.15) is 0 Å². The molecule has 0 aromatic carbocycles. The van der Waals surface area contributed by atoms with Crippen molar-refractivity contribution < 1.29 is 14.7 Å². The summed E-state index contributed by atoms with van der Waals surface area (Å²) < 4.78 is 0.962. The van der Waals surface area contributed by atoms with Crippen molar-refractivity contribution in [3.63, 3.8) is 0 Å². The maximum atomic E-state index is 12.1. The van der Waals surface area contributed by atoms with E-state index in [1.165, 1.54) is 11.3 Å². The van der Waals surface area contributed by atoms with E-state index in [4.69, 9.17) is 0 Å². The summed E-state index contributed by atoms with van der Waals surface area (Å²) in [5.41, 5.74) is 1.04. The number of amides is 1. The van der Waals surface area contributed by atoms with Crippen LogP contribution in [0.5, 0.6) is 0 Å². The summed E-state index contributed by atoms with van der Waals surface area (Å²) in [6.07, 6.45) is 3.62. The Hall–Kier alpha value is -0.880. The Morgan fingerprint density at radius 1 is 1.45 bits per heavy atom. The van der Waals surface area contributed by atoms with Gasteiger partial charge in [-0.25, -0.2) is 0 Å². The van der Waals surface area contributed by atoms with E-state index < -0.39 is 5.97 Å². The molecule has 1 aromatic rings. The Kier molecular flexibility index (Phi) is 5.21. The van der Waals surface area contributed by atoms with E-state index in [9.17, 15) is 14.7 Å². The van der Waals surface area contributed by atoms with E-state index in [-0.39, 0.29) is 17.7 Å². The molecule has 6 heteroatoms. The van der Waals surface area contributed by atoms with Crippen LogP contribution < -0.4 is 5.32 Å². The summed E-state index contributed by atoms with van der Waals surface area (Å²) in [5, 5.41) is 12.1. The first kappa shape index (κ1) is 15.5. The molecule has 1 aliphatic carbocycles. The Morgan fingerprint density at radius 2 is 2.15 bits per heavy atom. The number of carbonyl (C=O) groups excluding carboxylic acids is 1. The number of carboxylic acid groups (broad SMARTS) is 1. The standard InChI is InChI=1S/C14H18BrNO3S/c1-8-6-11(20-12(8)15)13(17)16-7-9-4-2-3-5-10(9)14(18)19/h6,9-10H,2-5,7H2,1H3,(H,16,17)(H,18,19). The SMILES string of the molecule is Cc1cc(C(=O)NCC2CCCCC2C(=O)O)sc1Br. The molecule has 2 rings (SSSR count). The van der Waals surface area contributed by atoms with E-state index in [1.54, 1.807) is 0 Å². The number of rotatable bonds is 4. The van der Waals surface area contributed by atoms with Gasteiger partial charge in [-0.15, -0.1) is 11.3 Å². The number of aryl methyl sites for hydroxylation is 1. The largest absolute Gasteiger partial charge is 0.481 e. The van der Waals surface area contributed by atoms with Crippen LogP contribution in [0.1, 0.15) is 40.9 Å². The quantitative estimate of drug-likeness (QED) is 0.865. The van der Waals surface area contributed by atoms with Crippen molar-refractivity contribution in [3.05, 3.63) is 20.3 Å². The number of carboxylic acids is 1. The van der Waals surface area contributed by atoms with Gasteiger partial charge in [-0.3, -0.25) is 9.59 Å². The first-order valence-corrected chi connectivity index (χ1v) is 8.37. The molecule has 0 aliphatic heterocycles. The van der Waals surface area contributed by atoms with Crippen LogP contribution in [0.4, 0.5) is 0 Å². The molecule has 2 unspecified atom stereocenters. The number of hydrogen-bond donors (Lipinski definition) is 2. The lowest BCUT2D eigenvalue weighted by molar-refractivity contribution is -0.144. The van der Waals surface area contributed by atoms with Crippen LogP contribution in [0.15, 0.2) is 9.85 Å². The van der Waals surface area contributed by atoms with Crippen LogP contribution in [-0.2, 0) is 4.79 Å². The fourth-order valence-electron chi connectivity index (χ4n) is 2.66. The second kappa shape index (κ2) is 6.72. The predicted molar refractivity (Wildman–Crippen MR) is 82.2 cm³/mol. The first-order valence-electron chi connectivity index (χ1n) is 6.76. The molecule has 0 radical (unpaired) electrons. The number of carbonyl (C=O) groups is 2. The summed E-state index contributed by atoms with van der Waals surface area (Å²) in [7, 11) is 0. The second-order valence-electron chi connectivity index (χ2n) is 5.27. The fourth-order valence-corrected chi connectivity index (χ4v) is 4.11. The highest BCUT2D eigenvalue weighted by Crippen LogP contribution is 2.30. The van der Waals surface area contributed by atoms with Crippen molar-refractivity contribution >= 4 is 39.1 Å². The zero-order valence-electron chi connectivity index (χ0n) is 11.3. The van der Waals surface area contributed by atoms with Gasteiger partial charge in [0.2, 0.25) is 0 Å². The van der Waals surface area contributed by atoms with Crippen molar-refractivity contribution in [1.82, 2.24) is 5.32 Å². The lowest BCUT2D eigenvalue weighted by Gasteiger charge is -2.28. The van der Waals surface area contributed by atoms with Crippen molar-refractivity contribution in [1.29, 1.82) is 0 Å². The Labute approximate surface area is 130 Å². The molecule has 0 saturated heterocycles. The normalized spacial score (nSPS) is 22.5. The minimum atomic E-state index is -0.737. The molecule has 2 atom stereocenters. The smallest absolute Gasteiger partial charge is 0.306 e. The van der Waals surface area contributed by atoms with Crippen LogP contribution in [0.3, 0.4) is 0 Å². The minimum Gasteiger partial charge on any atom is -0.481 e. The van der Waals surface area contributed by atoms with E-state index >= 15 is 0 Å². The summed E-state index contributed by atoms with van der Waals surface area (Å²) in [6.45, 7) is 2.39. The van der Waals surface area contributed by atoms with Crippen molar-refractivity contribution in [2.24, 2.45) is 11.8 Å². The molecule has 0 bridgehead atoms. The summed E-state index contributed by atoms with van der Waals surface area (Å²) in [4.78, 5) is 23.9. The highest BCUT2D eigenvalue weighted by Gasteiger charge is 2.30. The summed E-state index contributed by atoms with van der Waals surface area (Å²) in [6, 6.07) is 1.85. The number of aliphatic carboxylic acids is 1. The van der Waals surface area contributed by atoms with Crippen LogP contribution in [0.2, 0.25) is 0 Å². The second-order valence-corrected chi connectivity index (χ2v) is 7.64. The number of nitrogens with one attached hydrogen (secondary N) is 1. The predicted octanol–water partition coefficient (Wildman–Crippen LogP) is 3.44. The summed E-state index contributed by atoms with van der Waals surface area (Å²) >= 11 is 4.81. The Balaban J connectivity index is 1.93. The third-order valence-corrected chi connectivity index (χ3v) is 5.97. The van der Waals surface area contributed by atoms with Crippen LogP contribution >= 0.6 is 27.3 Å². The van der Waals surface area contributed by atoms with Gasteiger partial charge in [0, 0.05) is 6.54 Å². The number of thiophene rings is 1. The number of halogens is 1. The molecular weight excluding hydrogens is 342 g/mol. The molecule has 1 aromatic heterocycles. The zero-order chi connectivity index (χ0) is 14.7. The molecule has 1 amide bonds. The van der Waals surface area contributed by atoms with Gasteiger partial charge in [-0.05, 0) is 53.2 Å². The Bertz CT molecular complexity index is 495. The molecule has 0 spiro atoms. The average molecular weight is 360 g/mol. The molecular formula is C14H18BrNO3S. The van der Waals surface area contributed by atoms with E-state index in [1.807, 2.05) is 13.0 Å². The molecule has 1 fully saturated rings. The van der Waals surface area contributed by atoms with Gasteiger partial charge in [0.1, 0.15) is 0 Å². The zero-order valence-corrected chi connectivity index (χ0v) is 13.7. The first-order chi connectivity index (χ1) is 9.49. The highest BCUT2D eigenvalue weighted by atomic mass is 79.9. The Morgan fingerprint density at radius 3 is 2.75 bits per heavy atom. The van der Waals surface area contributed by atoms with Crippen LogP contribution in [0, 0.1) is 18.8 Å². The van der Waals surface area contributed by atoms with Crippen molar-refractivity contribution in [2.45, 2.75) is 32.6 Å². The van der Waals surface area contributed by atoms with E-state index in [0.29, 0.717) is 11.4 Å². The van der Waals surface area contributed by atoms with Gasteiger partial charge in [0.15, 0.2) is 0 Å². The average Bonchev–Trinajstić information content (AvgIpc) is 2.76. The maximum absolute atomic E-state index is 12.1. The van der Waals surface area contributed by atoms with Gasteiger partial charge < -0.3 is 10.4 Å². The monoisotopic (exact) mass is 359 g/mol. The van der Waals surface area contributed by atoms with Crippen molar-refractivity contribution in [3.8, 4) is 0 Å².